The van der Waals surface area contributed by atoms with Crippen LogP contribution in [0.1, 0.15) is 34.1 Å². The van der Waals surface area contributed by atoms with E-state index in [-0.39, 0.29) is 6.04 Å². The first-order chi connectivity index (χ1) is 6.88. The Morgan fingerprint density at radius 1 is 1.20 bits per heavy atom. The summed E-state index contributed by atoms with van der Waals surface area (Å²) in [6, 6.07) is -1.26. The lowest BCUT2D eigenvalue weighted by atomic mass is 10.0. The molecule has 0 fully saturated rings. The van der Waals surface area contributed by atoms with Gasteiger partial charge in [-0.15, -0.1) is 0 Å². The van der Waals surface area contributed by atoms with Gasteiger partial charge in [0.15, 0.2) is 0 Å². The third kappa shape index (κ3) is 5.24. The molecule has 0 heterocycles. The molecule has 88 valence electrons. The zero-order chi connectivity index (χ0) is 12.0. The van der Waals surface area contributed by atoms with Crippen molar-refractivity contribution < 1.29 is 14.7 Å². The number of aliphatic carboxylic acids is 1. The van der Waals surface area contributed by atoms with E-state index < -0.39 is 18.0 Å². The average molecular weight is 216 g/mol. The molecule has 0 bridgehead atoms. The van der Waals surface area contributed by atoms with Crippen molar-refractivity contribution >= 4 is 12.0 Å². The number of carbonyl (C=O) groups excluding carboxylic acids is 1. The number of hydrogen-bond acceptors (Lipinski definition) is 2. The normalized spacial score (nSPS) is 16.3. The van der Waals surface area contributed by atoms with Crippen LogP contribution >= 0.6 is 0 Å². The Kier molecular flexibility index (Phi) is 5.74. The quantitative estimate of drug-likeness (QED) is 0.646. The Balaban J connectivity index is 3.98. The van der Waals surface area contributed by atoms with Crippen molar-refractivity contribution in [2.75, 3.05) is 0 Å². The van der Waals surface area contributed by atoms with Gasteiger partial charge < -0.3 is 15.7 Å². The molecule has 0 aliphatic heterocycles. The van der Waals surface area contributed by atoms with E-state index in [0.29, 0.717) is 5.92 Å². The highest BCUT2D eigenvalue weighted by Gasteiger charge is 2.17. The molecule has 0 spiro atoms. The Morgan fingerprint density at radius 3 is 2.13 bits per heavy atom. The lowest BCUT2D eigenvalue weighted by Crippen LogP contribution is -2.48. The first-order valence-corrected chi connectivity index (χ1v) is 5.18. The number of amides is 2. The van der Waals surface area contributed by atoms with Gasteiger partial charge in [0.2, 0.25) is 0 Å². The van der Waals surface area contributed by atoms with Crippen LogP contribution in [0.25, 0.3) is 0 Å². The highest BCUT2D eigenvalue weighted by molar-refractivity contribution is 5.82. The van der Waals surface area contributed by atoms with Crippen molar-refractivity contribution in [1.29, 1.82) is 0 Å². The lowest BCUT2D eigenvalue weighted by molar-refractivity contribution is -0.138. The number of hydrogen-bond donors (Lipinski definition) is 3. The van der Waals surface area contributed by atoms with Crippen molar-refractivity contribution in [2.24, 2.45) is 5.92 Å². The third-order valence-corrected chi connectivity index (χ3v) is 2.57. The van der Waals surface area contributed by atoms with E-state index in [2.05, 4.69) is 10.6 Å². The zero-order valence-corrected chi connectivity index (χ0v) is 9.70. The molecule has 3 unspecified atom stereocenters. The van der Waals surface area contributed by atoms with Gasteiger partial charge in [0.25, 0.3) is 0 Å². The van der Waals surface area contributed by atoms with E-state index in [1.54, 1.807) is 0 Å². The van der Waals surface area contributed by atoms with Crippen LogP contribution in [-0.2, 0) is 4.79 Å². The predicted octanol–water partition coefficient (Wildman–Crippen LogP) is 1.19. The second-order valence-corrected chi connectivity index (χ2v) is 3.85. The summed E-state index contributed by atoms with van der Waals surface area (Å²) >= 11 is 0. The summed E-state index contributed by atoms with van der Waals surface area (Å²) in [7, 11) is 0. The maximum atomic E-state index is 11.3. The fraction of sp³-hybridized carbons (Fsp3) is 0.800. The summed E-state index contributed by atoms with van der Waals surface area (Å²) in [6.07, 6.45) is 0.968. The van der Waals surface area contributed by atoms with E-state index in [9.17, 15) is 9.59 Å². The molecule has 3 N–H and O–H groups in total. The summed E-state index contributed by atoms with van der Waals surface area (Å²) in [5.41, 5.74) is 0. The monoisotopic (exact) mass is 216 g/mol. The highest BCUT2D eigenvalue weighted by atomic mass is 16.4. The molecule has 0 radical (unpaired) electrons. The molecule has 0 aromatic rings. The summed E-state index contributed by atoms with van der Waals surface area (Å²) in [5, 5.41) is 13.6. The van der Waals surface area contributed by atoms with Crippen LogP contribution in [0.2, 0.25) is 0 Å². The van der Waals surface area contributed by atoms with Crippen molar-refractivity contribution in [1.82, 2.24) is 10.6 Å². The van der Waals surface area contributed by atoms with Gasteiger partial charge in [-0.25, -0.2) is 4.79 Å². The third-order valence-electron chi connectivity index (χ3n) is 2.57. The lowest BCUT2D eigenvalue weighted by Gasteiger charge is -2.20. The van der Waals surface area contributed by atoms with E-state index in [4.69, 9.17) is 5.11 Å². The van der Waals surface area contributed by atoms with E-state index in [1.165, 1.54) is 6.92 Å². The van der Waals surface area contributed by atoms with Crippen molar-refractivity contribution in [2.45, 2.75) is 46.2 Å². The number of carboxylic acid groups (broad SMARTS) is 1. The molecule has 0 saturated carbocycles. The molecule has 0 saturated heterocycles. The average Bonchev–Trinajstić information content (AvgIpc) is 2.15. The number of carboxylic acids is 1. The molecule has 0 aliphatic carbocycles. The molecule has 2 amide bonds. The van der Waals surface area contributed by atoms with Gasteiger partial charge in [-0.1, -0.05) is 20.3 Å². The molecule has 5 nitrogen and oxygen atoms in total. The second-order valence-electron chi connectivity index (χ2n) is 3.85. The van der Waals surface area contributed by atoms with Crippen LogP contribution in [0.5, 0.6) is 0 Å². The summed E-state index contributed by atoms with van der Waals surface area (Å²) in [4.78, 5) is 21.8. The van der Waals surface area contributed by atoms with Gasteiger partial charge in [0.05, 0.1) is 0 Å². The van der Waals surface area contributed by atoms with Crippen LogP contribution in [0.15, 0.2) is 0 Å². The zero-order valence-electron chi connectivity index (χ0n) is 9.70. The van der Waals surface area contributed by atoms with E-state index in [0.717, 1.165) is 6.42 Å². The molecule has 0 aliphatic rings. The van der Waals surface area contributed by atoms with Gasteiger partial charge >= 0.3 is 12.0 Å². The predicted molar refractivity (Wildman–Crippen MR) is 57.7 cm³/mol. The van der Waals surface area contributed by atoms with E-state index in [1.807, 2.05) is 20.8 Å². The Morgan fingerprint density at radius 2 is 1.73 bits per heavy atom. The maximum Gasteiger partial charge on any atom is 0.325 e. The fourth-order valence-electron chi connectivity index (χ4n) is 1.00. The van der Waals surface area contributed by atoms with Gasteiger partial charge in [0.1, 0.15) is 6.04 Å². The van der Waals surface area contributed by atoms with Crippen LogP contribution in [0.3, 0.4) is 0 Å². The maximum absolute atomic E-state index is 11.3. The summed E-state index contributed by atoms with van der Waals surface area (Å²) in [5.74, 6) is -0.669. The molecule has 5 heteroatoms. The van der Waals surface area contributed by atoms with Crippen LogP contribution in [0, 0.1) is 5.92 Å². The van der Waals surface area contributed by atoms with Gasteiger partial charge in [0, 0.05) is 6.04 Å². The van der Waals surface area contributed by atoms with Gasteiger partial charge in [-0.3, -0.25) is 4.79 Å². The van der Waals surface area contributed by atoms with Gasteiger partial charge in [-0.05, 0) is 19.8 Å². The molecule has 0 rings (SSSR count). The smallest absolute Gasteiger partial charge is 0.325 e. The Hall–Kier alpha value is -1.26. The topological polar surface area (TPSA) is 78.4 Å². The number of rotatable bonds is 5. The standard InChI is InChI=1S/C10H20N2O3/c1-5-6(2)7(3)11-10(15)12-8(4)9(13)14/h6-8H,5H2,1-4H3,(H,13,14)(H2,11,12,15). The Bertz CT molecular complexity index is 231. The molecule has 3 atom stereocenters. The van der Waals surface area contributed by atoms with Crippen molar-refractivity contribution in [3.05, 3.63) is 0 Å². The number of urea groups is 1. The van der Waals surface area contributed by atoms with Crippen LogP contribution in [-0.4, -0.2) is 29.2 Å². The Labute approximate surface area is 90.2 Å². The first-order valence-electron chi connectivity index (χ1n) is 5.18. The summed E-state index contributed by atoms with van der Waals surface area (Å²) < 4.78 is 0. The van der Waals surface area contributed by atoms with Crippen molar-refractivity contribution in [3.8, 4) is 0 Å². The minimum atomic E-state index is -1.04. The minimum absolute atomic E-state index is 0.0380. The fourth-order valence-corrected chi connectivity index (χ4v) is 1.00. The number of nitrogens with one attached hydrogen (secondary N) is 2. The SMILES string of the molecule is CCC(C)C(C)NC(=O)NC(C)C(=O)O. The van der Waals surface area contributed by atoms with Crippen LogP contribution in [0.4, 0.5) is 4.79 Å². The van der Waals surface area contributed by atoms with E-state index >= 15 is 0 Å². The van der Waals surface area contributed by atoms with Crippen LogP contribution < -0.4 is 10.6 Å². The largest absolute Gasteiger partial charge is 0.480 e. The molecular formula is C10H20N2O3. The molecule has 0 aromatic heterocycles. The molecule has 15 heavy (non-hydrogen) atoms. The highest BCUT2D eigenvalue weighted by Crippen LogP contribution is 2.06. The summed E-state index contributed by atoms with van der Waals surface area (Å²) in [6.45, 7) is 7.40. The molecule has 0 aromatic carbocycles. The second kappa shape index (κ2) is 6.27. The van der Waals surface area contributed by atoms with Gasteiger partial charge in [-0.2, -0.15) is 0 Å². The van der Waals surface area contributed by atoms with Crippen molar-refractivity contribution in [3.63, 3.8) is 0 Å². The first kappa shape index (κ1) is 13.7. The molecular weight excluding hydrogens is 196 g/mol. The minimum Gasteiger partial charge on any atom is -0.480 e. The number of carbonyl (C=O) groups is 2.